The normalized spacial score (nSPS) is 12.8. The fourth-order valence-electron chi connectivity index (χ4n) is 1.39. The monoisotopic (exact) mass is 268 g/mol. The summed E-state index contributed by atoms with van der Waals surface area (Å²) in [6.45, 7) is 0.726. The minimum Gasteiger partial charge on any atom is -0.463 e. The first kappa shape index (κ1) is 15.3. The van der Waals surface area contributed by atoms with Crippen LogP contribution >= 0.6 is 0 Å². The molecule has 0 fully saturated rings. The number of Topliss-reactive ketones (excluding diaryl/α,β-unsaturated/α-hetero) is 1. The number of aliphatic hydroxyl groups excluding tert-OH is 1. The van der Waals surface area contributed by atoms with E-state index in [0.29, 0.717) is 0 Å². The summed E-state index contributed by atoms with van der Waals surface area (Å²) in [6, 6.07) is 8.05. The number of benzene rings is 1. The van der Waals surface area contributed by atoms with Crippen molar-refractivity contribution in [3.05, 3.63) is 35.9 Å². The Labute approximate surface area is 110 Å². The van der Waals surface area contributed by atoms with Crippen LogP contribution in [0.15, 0.2) is 30.3 Å². The highest BCUT2D eigenvalue weighted by Gasteiger charge is 2.27. The van der Waals surface area contributed by atoms with Gasteiger partial charge in [-0.1, -0.05) is 30.3 Å². The molecular weight excluding hydrogens is 252 g/mol. The smallest absolute Gasteiger partial charge is 0.342 e. The van der Waals surface area contributed by atoms with E-state index in [1.165, 1.54) is 12.1 Å². The summed E-state index contributed by atoms with van der Waals surface area (Å²) in [7, 11) is 0. The zero-order chi connectivity index (χ0) is 14.5. The first-order valence-corrected chi connectivity index (χ1v) is 5.70. The van der Waals surface area contributed by atoms with Crippen molar-refractivity contribution in [1.82, 2.24) is 0 Å². The van der Waals surface area contributed by atoms with Crippen LogP contribution in [0.4, 0.5) is 0 Å². The molecule has 0 aliphatic rings. The quantitative estimate of drug-likeness (QED) is 0.372. The molecule has 0 saturated heterocycles. The Balaban J connectivity index is 2.49. The van der Waals surface area contributed by atoms with Gasteiger partial charge in [0.1, 0.15) is 0 Å². The van der Waals surface area contributed by atoms with E-state index < -0.39 is 23.6 Å². The van der Waals surface area contributed by atoms with Crippen molar-refractivity contribution in [2.24, 2.45) is 0 Å². The number of ketones is 1. The van der Waals surface area contributed by atoms with Crippen LogP contribution in [0.5, 0.6) is 0 Å². The van der Waals surface area contributed by atoms with Gasteiger partial charge >= 0.3 is 5.97 Å². The maximum absolute atomic E-state index is 11.2. The lowest BCUT2D eigenvalue weighted by Gasteiger charge is -2.22. The van der Waals surface area contributed by atoms with Crippen molar-refractivity contribution in [3.63, 3.8) is 0 Å². The molecule has 1 atom stereocenters. The largest absolute Gasteiger partial charge is 0.463 e. The van der Waals surface area contributed by atoms with Crippen LogP contribution in [0, 0.1) is 0 Å². The SMILES string of the molecule is CC(=O)C(O)C(=O)OCCC(O)(O)c1ccccc1. The van der Waals surface area contributed by atoms with E-state index in [1.807, 2.05) is 0 Å². The Morgan fingerprint density at radius 1 is 1.26 bits per heavy atom. The summed E-state index contributed by atoms with van der Waals surface area (Å²) in [5.41, 5.74) is 0.262. The van der Waals surface area contributed by atoms with Gasteiger partial charge in [-0.2, -0.15) is 0 Å². The van der Waals surface area contributed by atoms with Crippen molar-refractivity contribution >= 4 is 11.8 Å². The van der Waals surface area contributed by atoms with Gasteiger partial charge in [-0.25, -0.2) is 4.79 Å². The molecule has 6 heteroatoms. The Kier molecular flexibility index (Phi) is 5.17. The molecule has 104 valence electrons. The van der Waals surface area contributed by atoms with Crippen LogP contribution in [0.3, 0.4) is 0 Å². The summed E-state index contributed by atoms with van der Waals surface area (Å²) >= 11 is 0. The minimum absolute atomic E-state index is 0.262. The highest BCUT2D eigenvalue weighted by molar-refractivity contribution is 6.00. The van der Waals surface area contributed by atoms with Crippen molar-refractivity contribution in [2.75, 3.05) is 6.61 Å². The summed E-state index contributed by atoms with van der Waals surface area (Å²) in [5, 5.41) is 28.7. The standard InChI is InChI=1S/C13H16O6/c1-9(14)11(15)12(16)19-8-7-13(17,18)10-5-3-2-4-6-10/h2-6,11,15,17-18H,7-8H2,1H3. The van der Waals surface area contributed by atoms with Crippen molar-refractivity contribution in [3.8, 4) is 0 Å². The zero-order valence-corrected chi connectivity index (χ0v) is 10.4. The highest BCUT2D eigenvalue weighted by Crippen LogP contribution is 2.21. The molecule has 0 bridgehead atoms. The Morgan fingerprint density at radius 2 is 1.84 bits per heavy atom. The second-order valence-electron chi connectivity index (χ2n) is 4.11. The third-order valence-corrected chi connectivity index (χ3v) is 2.54. The number of carbonyl (C=O) groups excluding carboxylic acids is 2. The number of aliphatic hydroxyl groups is 3. The summed E-state index contributed by atoms with van der Waals surface area (Å²) in [6.07, 6.45) is -2.10. The zero-order valence-electron chi connectivity index (χ0n) is 10.4. The predicted octanol–water partition coefficient (Wildman–Crippen LogP) is -0.293. The molecule has 0 radical (unpaired) electrons. The number of hydrogen-bond acceptors (Lipinski definition) is 6. The lowest BCUT2D eigenvalue weighted by Crippen LogP contribution is -2.32. The summed E-state index contributed by atoms with van der Waals surface area (Å²) in [4.78, 5) is 21.9. The summed E-state index contributed by atoms with van der Waals surface area (Å²) in [5.74, 6) is -3.97. The third-order valence-electron chi connectivity index (χ3n) is 2.54. The predicted molar refractivity (Wildman–Crippen MR) is 64.8 cm³/mol. The van der Waals surface area contributed by atoms with E-state index in [9.17, 15) is 19.8 Å². The average molecular weight is 268 g/mol. The fourth-order valence-corrected chi connectivity index (χ4v) is 1.39. The Morgan fingerprint density at radius 3 is 2.37 bits per heavy atom. The van der Waals surface area contributed by atoms with Gasteiger partial charge in [0.25, 0.3) is 0 Å². The van der Waals surface area contributed by atoms with Gasteiger partial charge in [-0.15, -0.1) is 0 Å². The van der Waals surface area contributed by atoms with Crippen LogP contribution in [-0.4, -0.2) is 39.8 Å². The van der Waals surface area contributed by atoms with Gasteiger partial charge in [-0.3, -0.25) is 4.79 Å². The average Bonchev–Trinajstić information content (AvgIpc) is 2.38. The van der Waals surface area contributed by atoms with E-state index in [1.54, 1.807) is 18.2 Å². The van der Waals surface area contributed by atoms with Gasteiger partial charge in [0.05, 0.1) is 6.61 Å². The van der Waals surface area contributed by atoms with Crippen LogP contribution < -0.4 is 0 Å². The molecule has 0 spiro atoms. The fraction of sp³-hybridized carbons (Fsp3) is 0.385. The van der Waals surface area contributed by atoms with Gasteiger partial charge in [0.15, 0.2) is 11.6 Å². The number of rotatable bonds is 6. The molecule has 0 aliphatic carbocycles. The molecule has 1 rings (SSSR count). The molecule has 0 saturated carbocycles. The molecule has 0 heterocycles. The molecule has 0 aromatic heterocycles. The van der Waals surface area contributed by atoms with E-state index in [2.05, 4.69) is 4.74 Å². The molecule has 1 aromatic rings. The Bertz CT molecular complexity index is 440. The van der Waals surface area contributed by atoms with Crippen LogP contribution in [0.2, 0.25) is 0 Å². The topological polar surface area (TPSA) is 104 Å². The minimum atomic E-state index is -2.14. The van der Waals surface area contributed by atoms with Gasteiger partial charge < -0.3 is 20.1 Å². The number of ether oxygens (including phenoxy) is 1. The molecule has 19 heavy (non-hydrogen) atoms. The number of esters is 1. The van der Waals surface area contributed by atoms with E-state index in [4.69, 9.17) is 5.11 Å². The van der Waals surface area contributed by atoms with Crippen molar-refractivity contribution in [2.45, 2.75) is 25.2 Å². The lowest BCUT2D eigenvalue weighted by molar-refractivity contribution is -0.186. The van der Waals surface area contributed by atoms with Gasteiger partial charge in [0, 0.05) is 12.0 Å². The third kappa shape index (κ3) is 4.44. The van der Waals surface area contributed by atoms with Gasteiger partial charge in [0.2, 0.25) is 6.10 Å². The molecule has 1 aromatic carbocycles. The summed E-state index contributed by atoms with van der Waals surface area (Å²) < 4.78 is 4.59. The second-order valence-corrected chi connectivity index (χ2v) is 4.11. The molecule has 1 unspecified atom stereocenters. The van der Waals surface area contributed by atoms with Crippen molar-refractivity contribution < 1.29 is 29.6 Å². The van der Waals surface area contributed by atoms with Gasteiger partial charge in [-0.05, 0) is 6.92 Å². The first-order chi connectivity index (χ1) is 8.84. The van der Waals surface area contributed by atoms with Crippen LogP contribution in [0.1, 0.15) is 18.9 Å². The lowest BCUT2D eigenvalue weighted by atomic mass is 10.0. The second kappa shape index (κ2) is 6.42. The molecule has 3 N–H and O–H groups in total. The van der Waals surface area contributed by atoms with Crippen molar-refractivity contribution in [1.29, 1.82) is 0 Å². The number of hydrogen-bond donors (Lipinski definition) is 3. The maximum Gasteiger partial charge on any atom is 0.342 e. The molecule has 0 amide bonds. The molecular formula is C13H16O6. The van der Waals surface area contributed by atoms with E-state index >= 15 is 0 Å². The van der Waals surface area contributed by atoms with E-state index in [0.717, 1.165) is 6.92 Å². The van der Waals surface area contributed by atoms with Crippen LogP contribution in [0.25, 0.3) is 0 Å². The van der Waals surface area contributed by atoms with E-state index in [-0.39, 0.29) is 18.6 Å². The number of carbonyl (C=O) groups is 2. The highest BCUT2D eigenvalue weighted by atomic mass is 16.6. The maximum atomic E-state index is 11.2. The molecule has 6 nitrogen and oxygen atoms in total. The van der Waals surface area contributed by atoms with Crippen LogP contribution in [-0.2, 0) is 20.1 Å². The first-order valence-electron chi connectivity index (χ1n) is 5.70. The molecule has 0 aliphatic heterocycles. The Hall–Kier alpha value is -1.76.